The van der Waals surface area contributed by atoms with Gasteiger partial charge >= 0.3 is 0 Å². The van der Waals surface area contributed by atoms with Gasteiger partial charge in [-0.1, -0.05) is 6.92 Å². The van der Waals surface area contributed by atoms with E-state index in [4.69, 9.17) is 0 Å². The normalized spacial score (nSPS) is 37.5. The van der Waals surface area contributed by atoms with Gasteiger partial charge in [0, 0.05) is 12.5 Å². The van der Waals surface area contributed by atoms with E-state index < -0.39 is 12.1 Å². The molecule has 46 valence electrons. The van der Waals surface area contributed by atoms with Crippen molar-refractivity contribution in [2.75, 3.05) is 6.54 Å². The lowest BCUT2D eigenvalue weighted by Crippen LogP contribution is -2.19. The van der Waals surface area contributed by atoms with Crippen molar-refractivity contribution in [3.8, 4) is 0 Å². The third kappa shape index (κ3) is 0.680. The minimum Gasteiger partial charge on any atom is -0.353 e. The van der Waals surface area contributed by atoms with Gasteiger partial charge in [0.1, 0.15) is 0 Å². The molecule has 0 aliphatic carbocycles. The second-order valence-electron chi connectivity index (χ2n) is 2.12. The summed E-state index contributed by atoms with van der Waals surface area (Å²) in [6.07, 6.45) is -1.27. The molecule has 2 nitrogen and oxygen atoms in total. The van der Waals surface area contributed by atoms with Gasteiger partial charge in [0.05, 0.1) is 0 Å². The molecule has 1 N–H and O–H groups in total. The Kier molecular flexibility index (Phi) is 1.19. The highest BCUT2D eigenvalue weighted by atomic mass is 19.1. The summed E-state index contributed by atoms with van der Waals surface area (Å²) in [6, 6.07) is 0. The summed E-state index contributed by atoms with van der Waals surface area (Å²) >= 11 is 0. The fraction of sp³-hybridized carbons (Fsp3) is 0.800. The van der Waals surface area contributed by atoms with Crippen molar-refractivity contribution in [2.24, 2.45) is 5.92 Å². The molecule has 0 aromatic carbocycles. The first kappa shape index (κ1) is 5.54. The first-order valence-electron chi connectivity index (χ1n) is 2.63. The molecule has 0 saturated carbocycles. The van der Waals surface area contributed by atoms with Gasteiger partial charge in [-0.2, -0.15) is 0 Å². The zero-order chi connectivity index (χ0) is 6.15. The van der Waals surface area contributed by atoms with Gasteiger partial charge in [0.2, 0.25) is 0 Å². The highest BCUT2D eigenvalue weighted by molar-refractivity contribution is 5.83. The minimum atomic E-state index is -1.27. The zero-order valence-electron chi connectivity index (χ0n) is 4.65. The number of halogens is 1. The Morgan fingerprint density at radius 1 is 1.88 bits per heavy atom. The van der Waals surface area contributed by atoms with Crippen molar-refractivity contribution in [1.82, 2.24) is 5.32 Å². The zero-order valence-corrected chi connectivity index (χ0v) is 4.65. The summed E-state index contributed by atoms with van der Waals surface area (Å²) in [6.45, 7) is 2.20. The molecule has 0 aromatic heterocycles. The van der Waals surface area contributed by atoms with Crippen molar-refractivity contribution < 1.29 is 9.18 Å². The highest BCUT2D eigenvalue weighted by Crippen LogP contribution is 2.11. The molecule has 1 amide bonds. The van der Waals surface area contributed by atoms with E-state index in [1.54, 1.807) is 6.92 Å². The number of nitrogens with one attached hydrogen (secondary N) is 1. The van der Waals surface area contributed by atoms with Crippen LogP contribution in [0.5, 0.6) is 0 Å². The summed E-state index contributed by atoms with van der Waals surface area (Å²) < 4.78 is 12.3. The molecule has 1 heterocycles. The minimum absolute atomic E-state index is 0.137. The summed E-state index contributed by atoms with van der Waals surface area (Å²) in [4.78, 5) is 10.3. The van der Waals surface area contributed by atoms with Gasteiger partial charge in [0.15, 0.2) is 6.17 Å². The van der Waals surface area contributed by atoms with E-state index in [1.807, 2.05) is 0 Å². The fourth-order valence-corrected chi connectivity index (χ4v) is 0.721. The van der Waals surface area contributed by atoms with E-state index in [2.05, 4.69) is 5.32 Å². The summed E-state index contributed by atoms with van der Waals surface area (Å²) in [5, 5.41) is 2.41. The lowest BCUT2D eigenvalue weighted by atomic mass is 10.1. The summed E-state index contributed by atoms with van der Waals surface area (Å²) in [5.41, 5.74) is 0. The van der Waals surface area contributed by atoms with Gasteiger partial charge in [-0.25, -0.2) is 4.39 Å². The molecular formula is C5H8FNO. The molecule has 0 bridgehead atoms. The third-order valence-electron chi connectivity index (χ3n) is 1.35. The molecule has 0 aromatic rings. The number of carbonyl (C=O) groups excluding carboxylic acids is 1. The molecule has 8 heavy (non-hydrogen) atoms. The van der Waals surface area contributed by atoms with Crippen LogP contribution in [0.15, 0.2) is 0 Å². The fourth-order valence-electron chi connectivity index (χ4n) is 0.721. The van der Waals surface area contributed by atoms with Crippen LogP contribution in [0.2, 0.25) is 0 Å². The average molecular weight is 117 g/mol. The van der Waals surface area contributed by atoms with E-state index >= 15 is 0 Å². The SMILES string of the molecule is C[C@@H]1CNC(=O)[C@H]1F. The second-order valence-corrected chi connectivity index (χ2v) is 2.12. The molecule has 1 fully saturated rings. The lowest BCUT2D eigenvalue weighted by molar-refractivity contribution is -0.123. The maximum Gasteiger partial charge on any atom is 0.254 e. The van der Waals surface area contributed by atoms with Crippen LogP contribution in [0, 0.1) is 5.92 Å². The first-order valence-corrected chi connectivity index (χ1v) is 2.63. The van der Waals surface area contributed by atoms with E-state index in [-0.39, 0.29) is 5.92 Å². The van der Waals surface area contributed by atoms with Gasteiger partial charge in [-0.15, -0.1) is 0 Å². The van der Waals surface area contributed by atoms with Gasteiger partial charge in [-0.3, -0.25) is 4.79 Å². The molecule has 1 saturated heterocycles. The van der Waals surface area contributed by atoms with Crippen LogP contribution in [0.25, 0.3) is 0 Å². The Labute approximate surface area is 47.1 Å². The predicted molar refractivity (Wildman–Crippen MR) is 27.1 cm³/mol. The van der Waals surface area contributed by atoms with Crippen LogP contribution >= 0.6 is 0 Å². The van der Waals surface area contributed by atoms with Crippen molar-refractivity contribution in [2.45, 2.75) is 13.1 Å². The number of hydrogen-bond donors (Lipinski definition) is 1. The van der Waals surface area contributed by atoms with Crippen molar-refractivity contribution in [1.29, 1.82) is 0 Å². The van der Waals surface area contributed by atoms with Crippen LogP contribution in [0.1, 0.15) is 6.92 Å². The Bertz CT molecular complexity index is 115. The smallest absolute Gasteiger partial charge is 0.254 e. The maximum absolute atomic E-state index is 12.3. The number of hydrogen-bond acceptors (Lipinski definition) is 1. The Hall–Kier alpha value is -0.600. The van der Waals surface area contributed by atoms with Crippen LogP contribution in [0.4, 0.5) is 4.39 Å². The number of carbonyl (C=O) groups is 1. The van der Waals surface area contributed by atoms with E-state index in [9.17, 15) is 9.18 Å². The number of amides is 1. The van der Waals surface area contributed by atoms with Gasteiger partial charge in [-0.05, 0) is 0 Å². The summed E-state index contributed by atoms with van der Waals surface area (Å²) in [7, 11) is 0. The lowest BCUT2D eigenvalue weighted by Gasteiger charge is -1.96. The van der Waals surface area contributed by atoms with E-state index in [0.717, 1.165) is 0 Å². The highest BCUT2D eigenvalue weighted by Gasteiger charge is 2.30. The molecule has 1 rings (SSSR count). The molecule has 0 radical (unpaired) electrons. The average Bonchev–Trinajstić information content (AvgIpc) is 1.98. The largest absolute Gasteiger partial charge is 0.353 e. The van der Waals surface area contributed by atoms with Crippen LogP contribution in [-0.2, 0) is 4.79 Å². The van der Waals surface area contributed by atoms with E-state index in [1.165, 1.54) is 0 Å². The first-order chi connectivity index (χ1) is 3.72. The maximum atomic E-state index is 12.3. The van der Waals surface area contributed by atoms with Crippen molar-refractivity contribution in [3.63, 3.8) is 0 Å². The molecule has 0 spiro atoms. The quantitative estimate of drug-likeness (QED) is 0.478. The predicted octanol–water partition coefficient (Wildman–Crippen LogP) is 0.0904. The number of alkyl halides is 1. The second kappa shape index (κ2) is 1.73. The topological polar surface area (TPSA) is 29.1 Å². The molecular weight excluding hydrogens is 109 g/mol. The van der Waals surface area contributed by atoms with Crippen LogP contribution in [0.3, 0.4) is 0 Å². The Morgan fingerprint density at radius 2 is 2.50 bits per heavy atom. The van der Waals surface area contributed by atoms with Gasteiger partial charge in [0.25, 0.3) is 5.91 Å². The Balaban J connectivity index is 2.56. The summed E-state index contributed by atoms with van der Waals surface area (Å²) in [5.74, 6) is -0.597. The monoisotopic (exact) mass is 117 g/mol. The third-order valence-corrected chi connectivity index (χ3v) is 1.35. The molecule has 3 heteroatoms. The molecule has 1 aliphatic rings. The standard InChI is InChI=1S/C5H8FNO/c1-3-2-7-5(8)4(3)6/h3-4H,2H2,1H3,(H,7,8)/t3-,4+/m1/s1. The van der Waals surface area contributed by atoms with Crippen LogP contribution in [-0.4, -0.2) is 18.6 Å². The molecule has 2 atom stereocenters. The van der Waals surface area contributed by atoms with E-state index in [0.29, 0.717) is 6.54 Å². The molecule has 0 unspecified atom stereocenters. The van der Waals surface area contributed by atoms with Gasteiger partial charge < -0.3 is 5.32 Å². The van der Waals surface area contributed by atoms with Crippen molar-refractivity contribution in [3.05, 3.63) is 0 Å². The van der Waals surface area contributed by atoms with Crippen molar-refractivity contribution >= 4 is 5.91 Å². The number of rotatable bonds is 0. The Morgan fingerprint density at radius 3 is 2.62 bits per heavy atom. The van der Waals surface area contributed by atoms with Crippen LogP contribution < -0.4 is 5.32 Å². The molecule has 1 aliphatic heterocycles.